The van der Waals surface area contributed by atoms with Crippen LogP contribution in [0.4, 0.5) is 0 Å². The number of hydrogen-bond acceptors (Lipinski definition) is 5. The number of sulfone groups is 1. The third-order valence-corrected chi connectivity index (χ3v) is 7.11. The first kappa shape index (κ1) is 19.2. The van der Waals surface area contributed by atoms with Crippen molar-refractivity contribution in [3.8, 4) is 0 Å². The summed E-state index contributed by atoms with van der Waals surface area (Å²) in [5, 5.41) is 1.88. The van der Waals surface area contributed by atoms with Crippen molar-refractivity contribution >= 4 is 38.4 Å². The standard InChI is InChI=1S/C19H24N2O3S2/c1-14(2)11-21(16-9-10-26(23,24)13-16)19(22)12-25-18-8-7-15-5-3-4-6-17(15)20-18/h3-8,14,16H,9-13H2,1-2H3/t16-/m0/s1. The van der Waals surface area contributed by atoms with E-state index in [1.54, 1.807) is 4.90 Å². The predicted molar refractivity (Wildman–Crippen MR) is 106 cm³/mol. The molecule has 7 heteroatoms. The van der Waals surface area contributed by atoms with Gasteiger partial charge in [0.15, 0.2) is 9.84 Å². The van der Waals surface area contributed by atoms with Gasteiger partial charge in [-0.3, -0.25) is 4.79 Å². The monoisotopic (exact) mass is 392 g/mol. The summed E-state index contributed by atoms with van der Waals surface area (Å²) in [4.78, 5) is 19.1. The fraction of sp³-hybridized carbons (Fsp3) is 0.474. The highest BCUT2D eigenvalue weighted by molar-refractivity contribution is 7.99. The van der Waals surface area contributed by atoms with E-state index >= 15 is 0 Å². The van der Waals surface area contributed by atoms with Crippen LogP contribution in [0, 0.1) is 5.92 Å². The summed E-state index contributed by atoms with van der Waals surface area (Å²) in [6, 6.07) is 11.6. The molecule has 1 aromatic carbocycles. The van der Waals surface area contributed by atoms with Gasteiger partial charge in [-0.25, -0.2) is 13.4 Å². The number of rotatable bonds is 6. The van der Waals surface area contributed by atoms with E-state index in [0.29, 0.717) is 18.9 Å². The highest BCUT2D eigenvalue weighted by Gasteiger charge is 2.34. The molecule has 0 spiro atoms. The highest BCUT2D eigenvalue weighted by atomic mass is 32.2. The van der Waals surface area contributed by atoms with Crippen LogP contribution < -0.4 is 0 Å². The Morgan fingerprint density at radius 2 is 2.04 bits per heavy atom. The van der Waals surface area contributed by atoms with Crippen LogP contribution in [0.15, 0.2) is 41.4 Å². The topological polar surface area (TPSA) is 67.3 Å². The second-order valence-electron chi connectivity index (χ2n) is 7.13. The van der Waals surface area contributed by atoms with E-state index in [2.05, 4.69) is 4.98 Å². The molecule has 1 saturated heterocycles. The minimum absolute atomic E-state index is 0.0132. The summed E-state index contributed by atoms with van der Waals surface area (Å²) in [5.41, 5.74) is 0.908. The number of carbonyl (C=O) groups is 1. The van der Waals surface area contributed by atoms with Crippen LogP contribution in [0.5, 0.6) is 0 Å². The first-order valence-corrected chi connectivity index (χ1v) is 11.6. The third kappa shape index (κ3) is 4.76. The third-order valence-electron chi connectivity index (χ3n) is 4.45. The Morgan fingerprint density at radius 3 is 2.73 bits per heavy atom. The van der Waals surface area contributed by atoms with E-state index < -0.39 is 9.84 Å². The number of nitrogens with zero attached hydrogens (tertiary/aromatic N) is 2. The Labute approximate surface area is 159 Å². The van der Waals surface area contributed by atoms with E-state index in [0.717, 1.165) is 15.9 Å². The van der Waals surface area contributed by atoms with Crippen LogP contribution in [-0.2, 0) is 14.6 Å². The largest absolute Gasteiger partial charge is 0.338 e. The van der Waals surface area contributed by atoms with Crippen LogP contribution >= 0.6 is 11.8 Å². The molecule has 1 aromatic heterocycles. The van der Waals surface area contributed by atoms with Crippen molar-refractivity contribution in [1.82, 2.24) is 9.88 Å². The fourth-order valence-electron chi connectivity index (χ4n) is 3.22. The number of para-hydroxylation sites is 1. The molecule has 26 heavy (non-hydrogen) atoms. The summed E-state index contributed by atoms with van der Waals surface area (Å²) >= 11 is 1.41. The second-order valence-corrected chi connectivity index (χ2v) is 10.4. The molecule has 140 valence electrons. The van der Waals surface area contributed by atoms with E-state index in [1.165, 1.54) is 11.8 Å². The van der Waals surface area contributed by atoms with Gasteiger partial charge in [0.25, 0.3) is 0 Å². The molecule has 0 N–H and O–H groups in total. The average Bonchev–Trinajstić information content (AvgIpc) is 2.97. The molecule has 0 unspecified atom stereocenters. The number of thioether (sulfide) groups is 1. The zero-order valence-electron chi connectivity index (χ0n) is 15.1. The number of fused-ring (bicyclic) bond motifs is 1. The van der Waals surface area contributed by atoms with E-state index in [4.69, 9.17) is 0 Å². The van der Waals surface area contributed by atoms with Gasteiger partial charge in [-0.05, 0) is 24.5 Å². The molecule has 0 radical (unpaired) electrons. The Bertz CT molecular complexity index is 897. The molecule has 1 atom stereocenters. The molecular formula is C19H24N2O3S2. The van der Waals surface area contributed by atoms with Gasteiger partial charge in [0.2, 0.25) is 5.91 Å². The van der Waals surface area contributed by atoms with Crippen molar-refractivity contribution in [3.63, 3.8) is 0 Å². The Kier molecular flexibility index (Phi) is 5.87. The summed E-state index contributed by atoms with van der Waals surface area (Å²) in [6.45, 7) is 4.67. The van der Waals surface area contributed by atoms with Gasteiger partial charge in [-0.1, -0.05) is 49.9 Å². The van der Waals surface area contributed by atoms with Crippen LogP contribution in [0.25, 0.3) is 10.9 Å². The molecule has 1 fully saturated rings. The van der Waals surface area contributed by atoms with Crippen molar-refractivity contribution in [2.24, 2.45) is 5.92 Å². The molecule has 5 nitrogen and oxygen atoms in total. The van der Waals surface area contributed by atoms with Crippen molar-refractivity contribution in [2.75, 3.05) is 23.8 Å². The zero-order chi connectivity index (χ0) is 18.7. The lowest BCUT2D eigenvalue weighted by molar-refractivity contribution is -0.130. The van der Waals surface area contributed by atoms with E-state index in [1.807, 2.05) is 50.2 Å². The average molecular weight is 393 g/mol. The molecule has 1 aliphatic rings. The van der Waals surface area contributed by atoms with Crippen molar-refractivity contribution in [1.29, 1.82) is 0 Å². The Balaban J connectivity index is 1.68. The molecule has 0 saturated carbocycles. The zero-order valence-corrected chi connectivity index (χ0v) is 16.7. The first-order chi connectivity index (χ1) is 12.3. The quantitative estimate of drug-likeness (QED) is 0.707. The van der Waals surface area contributed by atoms with Gasteiger partial charge in [0.05, 0.1) is 27.8 Å². The maximum Gasteiger partial charge on any atom is 0.233 e. The lowest BCUT2D eigenvalue weighted by Gasteiger charge is -2.29. The fourth-order valence-corrected chi connectivity index (χ4v) is 5.71. The normalized spacial score (nSPS) is 19.1. The van der Waals surface area contributed by atoms with Crippen molar-refractivity contribution < 1.29 is 13.2 Å². The van der Waals surface area contributed by atoms with Gasteiger partial charge in [-0.2, -0.15) is 0 Å². The summed E-state index contributed by atoms with van der Waals surface area (Å²) in [7, 11) is -3.01. The number of pyridine rings is 1. The minimum Gasteiger partial charge on any atom is -0.338 e. The second kappa shape index (κ2) is 7.96. The van der Waals surface area contributed by atoms with Gasteiger partial charge in [-0.15, -0.1) is 0 Å². The Hall–Kier alpha value is -1.60. The van der Waals surface area contributed by atoms with Crippen molar-refractivity contribution in [2.45, 2.75) is 31.3 Å². The van der Waals surface area contributed by atoms with Gasteiger partial charge in [0.1, 0.15) is 0 Å². The van der Waals surface area contributed by atoms with Gasteiger partial charge in [0, 0.05) is 18.0 Å². The molecule has 0 bridgehead atoms. The lowest BCUT2D eigenvalue weighted by atomic mass is 10.1. The summed E-state index contributed by atoms with van der Waals surface area (Å²) in [5.74, 6) is 0.824. The SMILES string of the molecule is CC(C)CN(C(=O)CSc1ccc2ccccc2n1)[C@H]1CCS(=O)(=O)C1. The van der Waals surface area contributed by atoms with E-state index in [9.17, 15) is 13.2 Å². The van der Waals surface area contributed by atoms with Crippen LogP contribution in [-0.4, -0.2) is 54.1 Å². The Morgan fingerprint density at radius 1 is 1.27 bits per heavy atom. The number of carbonyl (C=O) groups excluding carboxylic acids is 1. The maximum atomic E-state index is 12.8. The number of hydrogen-bond donors (Lipinski definition) is 0. The summed E-state index contributed by atoms with van der Waals surface area (Å²) < 4.78 is 23.6. The molecule has 2 heterocycles. The maximum absolute atomic E-state index is 12.8. The van der Waals surface area contributed by atoms with Crippen LogP contribution in [0.1, 0.15) is 20.3 Å². The number of benzene rings is 1. The predicted octanol–water partition coefficient (Wildman–Crippen LogP) is 3.00. The van der Waals surface area contributed by atoms with Crippen LogP contribution in [0.3, 0.4) is 0 Å². The molecule has 1 aliphatic heterocycles. The van der Waals surface area contributed by atoms with Gasteiger partial charge >= 0.3 is 0 Å². The number of aromatic nitrogens is 1. The van der Waals surface area contributed by atoms with Crippen LogP contribution in [0.2, 0.25) is 0 Å². The molecular weight excluding hydrogens is 368 g/mol. The molecule has 3 rings (SSSR count). The molecule has 2 aromatic rings. The summed E-state index contributed by atoms with van der Waals surface area (Å²) in [6.07, 6.45) is 0.541. The molecule has 1 amide bonds. The van der Waals surface area contributed by atoms with E-state index in [-0.39, 0.29) is 29.2 Å². The first-order valence-electron chi connectivity index (χ1n) is 8.82. The van der Waals surface area contributed by atoms with Crippen molar-refractivity contribution in [3.05, 3.63) is 36.4 Å². The smallest absolute Gasteiger partial charge is 0.233 e. The highest BCUT2D eigenvalue weighted by Crippen LogP contribution is 2.23. The lowest BCUT2D eigenvalue weighted by Crippen LogP contribution is -2.44. The molecule has 0 aliphatic carbocycles. The number of amides is 1. The minimum atomic E-state index is -3.01. The van der Waals surface area contributed by atoms with Gasteiger partial charge < -0.3 is 4.90 Å².